The Labute approximate surface area is 125 Å². The second-order valence-electron chi connectivity index (χ2n) is 4.94. The predicted octanol–water partition coefficient (Wildman–Crippen LogP) is 4.66. The van der Waals surface area contributed by atoms with Crippen molar-refractivity contribution < 1.29 is 8.81 Å². The lowest BCUT2D eigenvalue weighted by Gasteiger charge is -1.99. The van der Waals surface area contributed by atoms with E-state index in [0.29, 0.717) is 11.0 Å². The molecule has 0 N–H and O–H groups in total. The number of furan rings is 1. The maximum absolute atomic E-state index is 14.2. The molecule has 0 saturated heterocycles. The molecule has 0 aliphatic heterocycles. The van der Waals surface area contributed by atoms with Crippen molar-refractivity contribution in [2.75, 3.05) is 0 Å². The summed E-state index contributed by atoms with van der Waals surface area (Å²) in [5, 5.41) is 10.4. The van der Waals surface area contributed by atoms with Gasteiger partial charge in [-0.1, -0.05) is 12.1 Å². The fourth-order valence-corrected chi connectivity index (χ4v) is 2.59. The van der Waals surface area contributed by atoms with E-state index in [4.69, 9.17) is 9.68 Å². The van der Waals surface area contributed by atoms with E-state index in [9.17, 15) is 4.39 Å². The number of hydrogen-bond donors (Lipinski definition) is 0. The second kappa shape index (κ2) is 4.68. The Balaban J connectivity index is 2.00. The van der Waals surface area contributed by atoms with Gasteiger partial charge >= 0.3 is 0 Å². The van der Waals surface area contributed by atoms with Gasteiger partial charge in [-0.25, -0.2) is 4.39 Å². The van der Waals surface area contributed by atoms with Gasteiger partial charge in [-0.05, 0) is 36.4 Å². The minimum Gasteiger partial charge on any atom is -0.453 e. The molecule has 22 heavy (non-hydrogen) atoms. The first-order valence-corrected chi connectivity index (χ1v) is 6.74. The van der Waals surface area contributed by atoms with Crippen LogP contribution in [-0.4, -0.2) is 4.98 Å². The van der Waals surface area contributed by atoms with Crippen molar-refractivity contribution in [1.82, 2.24) is 4.98 Å². The topological polar surface area (TPSA) is 49.8 Å². The quantitative estimate of drug-likeness (QED) is 0.512. The largest absolute Gasteiger partial charge is 0.453 e. The molecule has 0 bridgehead atoms. The van der Waals surface area contributed by atoms with Crippen molar-refractivity contribution in [1.29, 1.82) is 5.26 Å². The Bertz CT molecular complexity index is 1050. The molecular weight excluding hydrogens is 279 g/mol. The van der Waals surface area contributed by atoms with Gasteiger partial charge in [-0.15, -0.1) is 0 Å². The van der Waals surface area contributed by atoms with Crippen LogP contribution in [0.4, 0.5) is 4.39 Å². The van der Waals surface area contributed by atoms with Crippen LogP contribution in [-0.2, 0) is 0 Å². The molecule has 0 amide bonds. The highest BCUT2D eigenvalue weighted by Gasteiger charge is 2.15. The van der Waals surface area contributed by atoms with E-state index in [1.54, 1.807) is 12.3 Å². The standard InChI is InChI=1S/C18H9FN2O/c19-17-12(10-20)5-7-14-13-6-4-11(9-16(13)22-18(14)17)15-3-1-2-8-21-15/h1-9H. The van der Waals surface area contributed by atoms with Crippen LogP contribution in [0.1, 0.15) is 5.56 Å². The van der Waals surface area contributed by atoms with Gasteiger partial charge in [0.05, 0.1) is 11.3 Å². The molecule has 2 heterocycles. The molecule has 4 rings (SSSR count). The molecule has 0 fully saturated rings. The smallest absolute Gasteiger partial charge is 0.184 e. The molecule has 3 nitrogen and oxygen atoms in total. The minimum absolute atomic E-state index is 0.0171. The van der Waals surface area contributed by atoms with Crippen molar-refractivity contribution in [2.24, 2.45) is 0 Å². The summed E-state index contributed by atoms with van der Waals surface area (Å²) >= 11 is 0. The predicted molar refractivity (Wildman–Crippen MR) is 81.6 cm³/mol. The molecule has 0 aliphatic rings. The third kappa shape index (κ3) is 1.76. The Morgan fingerprint density at radius 3 is 2.68 bits per heavy atom. The van der Waals surface area contributed by atoms with Gasteiger partial charge in [0, 0.05) is 22.5 Å². The van der Waals surface area contributed by atoms with Crippen molar-refractivity contribution in [2.45, 2.75) is 0 Å². The molecule has 0 atom stereocenters. The minimum atomic E-state index is -0.615. The Morgan fingerprint density at radius 2 is 1.91 bits per heavy atom. The van der Waals surface area contributed by atoms with Crippen molar-refractivity contribution >= 4 is 21.9 Å². The highest BCUT2D eigenvalue weighted by atomic mass is 19.1. The van der Waals surface area contributed by atoms with Crippen LogP contribution in [0.2, 0.25) is 0 Å². The number of nitrogens with zero attached hydrogens (tertiary/aromatic N) is 2. The highest BCUT2D eigenvalue weighted by Crippen LogP contribution is 2.33. The maximum atomic E-state index is 14.2. The monoisotopic (exact) mass is 288 g/mol. The van der Waals surface area contributed by atoms with Gasteiger partial charge in [0.2, 0.25) is 0 Å². The number of rotatable bonds is 1. The summed E-state index contributed by atoms with van der Waals surface area (Å²) < 4.78 is 19.8. The van der Waals surface area contributed by atoms with Crippen LogP contribution >= 0.6 is 0 Å². The summed E-state index contributed by atoms with van der Waals surface area (Å²) in [6.45, 7) is 0. The molecule has 2 aromatic heterocycles. The number of fused-ring (bicyclic) bond motifs is 3. The van der Waals surface area contributed by atoms with Gasteiger partial charge in [0.15, 0.2) is 11.4 Å². The van der Waals surface area contributed by atoms with E-state index in [2.05, 4.69) is 4.98 Å². The first-order valence-electron chi connectivity index (χ1n) is 6.74. The Kier molecular flexibility index (Phi) is 2.67. The summed E-state index contributed by atoms with van der Waals surface area (Å²) in [7, 11) is 0. The normalized spacial score (nSPS) is 10.9. The SMILES string of the molecule is N#Cc1ccc2c(oc3cc(-c4ccccn4)ccc32)c1F. The van der Waals surface area contributed by atoms with Gasteiger partial charge in [-0.3, -0.25) is 4.98 Å². The van der Waals surface area contributed by atoms with E-state index in [1.165, 1.54) is 6.07 Å². The van der Waals surface area contributed by atoms with Gasteiger partial charge in [-0.2, -0.15) is 5.26 Å². The summed E-state index contributed by atoms with van der Waals surface area (Å²) in [6.07, 6.45) is 1.72. The van der Waals surface area contributed by atoms with Crippen LogP contribution in [0, 0.1) is 17.1 Å². The average Bonchev–Trinajstić information content (AvgIpc) is 2.95. The van der Waals surface area contributed by atoms with Gasteiger partial charge < -0.3 is 4.42 Å². The lowest BCUT2D eigenvalue weighted by Crippen LogP contribution is -1.82. The maximum Gasteiger partial charge on any atom is 0.184 e. The Morgan fingerprint density at radius 1 is 1.05 bits per heavy atom. The molecule has 104 valence electrons. The van der Waals surface area contributed by atoms with Crippen molar-refractivity contribution in [3.05, 3.63) is 66.1 Å². The van der Waals surface area contributed by atoms with Crippen LogP contribution < -0.4 is 0 Å². The second-order valence-corrected chi connectivity index (χ2v) is 4.94. The van der Waals surface area contributed by atoms with E-state index in [1.807, 2.05) is 42.5 Å². The molecule has 0 saturated carbocycles. The zero-order chi connectivity index (χ0) is 15.1. The van der Waals surface area contributed by atoms with Gasteiger partial charge in [0.25, 0.3) is 0 Å². The van der Waals surface area contributed by atoms with Crippen LogP contribution in [0.5, 0.6) is 0 Å². The van der Waals surface area contributed by atoms with E-state index < -0.39 is 5.82 Å². The summed E-state index contributed by atoms with van der Waals surface area (Å²) in [6, 6.07) is 16.3. The lowest BCUT2D eigenvalue weighted by molar-refractivity contribution is 0.582. The number of pyridine rings is 1. The van der Waals surface area contributed by atoms with Crippen molar-refractivity contribution in [3.8, 4) is 17.3 Å². The number of nitriles is 1. The van der Waals surface area contributed by atoms with Crippen LogP contribution in [0.3, 0.4) is 0 Å². The first-order chi connectivity index (χ1) is 10.8. The fraction of sp³-hybridized carbons (Fsp3) is 0. The number of hydrogen-bond acceptors (Lipinski definition) is 3. The molecule has 0 aliphatic carbocycles. The third-order valence-corrected chi connectivity index (χ3v) is 3.66. The molecule has 0 radical (unpaired) electrons. The fourth-order valence-electron chi connectivity index (χ4n) is 2.59. The number of benzene rings is 2. The molecule has 2 aromatic carbocycles. The molecule has 4 heteroatoms. The zero-order valence-electron chi connectivity index (χ0n) is 11.4. The lowest BCUT2D eigenvalue weighted by atomic mass is 10.1. The average molecular weight is 288 g/mol. The molecule has 0 spiro atoms. The third-order valence-electron chi connectivity index (χ3n) is 3.66. The molecule has 4 aromatic rings. The molecular formula is C18H9FN2O. The first kappa shape index (κ1) is 12.5. The zero-order valence-corrected chi connectivity index (χ0v) is 11.4. The van der Waals surface area contributed by atoms with E-state index in [0.717, 1.165) is 16.6 Å². The summed E-state index contributed by atoms with van der Waals surface area (Å²) in [5.41, 5.74) is 2.40. The highest BCUT2D eigenvalue weighted by molar-refractivity contribution is 6.06. The van der Waals surface area contributed by atoms with E-state index in [-0.39, 0.29) is 11.1 Å². The summed E-state index contributed by atoms with van der Waals surface area (Å²) in [4.78, 5) is 4.30. The number of halogens is 1. The van der Waals surface area contributed by atoms with E-state index >= 15 is 0 Å². The van der Waals surface area contributed by atoms with Crippen LogP contribution in [0.25, 0.3) is 33.2 Å². The van der Waals surface area contributed by atoms with Crippen molar-refractivity contribution in [3.63, 3.8) is 0 Å². The molecule has 0 unspecified atom stereocenters. The van der Waals surface area contributed by atoms with Crippen LogP contribution in [0.15, 0.2) is 59.1 Å². The number of aromatic nitrogens is 1. The Hall–Kier alpha value is -3.19. The summed E-state index contributed by atoms with van der Waals surface area (Å²) in [5.74, 6) is -0.615. The van der Waals surface area contributed by atoms with Gasteiger partial charge in [0.1, 0.15) is 11.7 Å².